The highest BCUT2D eigenvalue weighted by Gasteiger charge is 2.40. The summed E-state index contributed by atoms with van der Waals surface area (Å²) in [6.07, 6.45) is -4.68. The van der Waals surface area contributed by atoms with Gasteiger partial charge in [0.05, 0.1) is 35.7 Å². The number of ether oxygens (including phenoxy) is 2. The van der Waals surface area contributed by atoms with Crippen molar-refractivity contribution >= 4 is 11.4 Å². The average molecular weight is 320 g/mol. The summed E-state index contributed by atoms with van der Waals surface area (Å²) < 4.78 is 49.3. The minimum absolute atomic E-state index is 0.194. The number of non-ortho nitro benzene ring substituents is 1. The average Bonchev–Trinajstić information content (AvgIpc) is 2.40. The van der Waals surface area contributed by atoms with Gasteiger partial charge in [0.15, 0.2) is 0 Å². The molecule has 1 N–H and O–H groups in total. The monoisotopic (exact) mass is 320 g/mol. The largest absolute Gasteiger partial charge is 0.418 e. The number of nitro benzene ring substituents is 1. The lowest BCUT2D eigenvalue weighted by atomic mass is 9.86. The molecule has 1 aliphatic heterocycles. The van der Waals surface area contributed by atoms with E-state index in [1.54, 1.807) is 0 Å². The molecule has 0 radical (unpaired) electrons. The summed E-state index contributed by atoms with van der Waals surface area (Å²) >= 11 is 0. The molecule has 1 aromatic rings. The Morgan fingerprint density at radius 1 is 1.45 bits per heavy atom. The number of benzene rings is 1. The van der Waals surface area contributed by atoms with E-state index in [9.17, 15) is 23.3 Å². The fourth-order valence-electron chi connectivity index (χ4n) is 2.25. The van der Waals surface area contributed by atoms with E-state index in [-0.39, 0.29) is 17.6 Å². The fourth-order valence-corrected chi connectivity index (χ4v) is 2.25. The van der Waals surface area contributed by atoms with Gasteiger partial charge >= 0.3 is 6.18 Å². The topological polar surface area (TPSA) is 73.6 Å². The van der Waals surface area contributed by atoms with Gasteiger partial charge in [0, 0.05) is 31.5 Å². The van der Waals surface area contributed by atoms with E-state index in [4.69, 9.17) is 9.47 Å². The van der Waals surface area contributed by atoms with Crippen molar-refractivity contribution in [2.45, 2.75) is 6.18 Å². The number of hydrogen-bond donors (Lipinski definition) is 1. The quantitative estimate of drug-likeness (QED) is 0.644. The van der Waals surface area contributed by atoms with Gasteiger partial charge in [-0.15, -0.1) is 0 Å². The predicted molar refractivity (Wildman–Crippen MR) is 71.7 cm³/mol. The number of anilines is 1. The smallest absolute Gasteiger partial charge is 0.384 e. The zero-order chi connectivity index (χ0) is 16.4. The molecule has 1 fully saturated rings. The van der Waals surface area contributed by atoms with Gasteiger partial charge < -0.3 is 14.8 Å². The van der Waals surface area contributed by atoms with Crippen LogP contribution in [0.25, 0.3) is 0 Å². The maximum Gasteiger partial charge on any atom is 0.418 e. The molecule has 1 saturated heterocycles. The molecule has 22 heavy (non-hydrogen) atoms. The molecule has 1 aliphatic rings. The Morgan fingerprint density at radius 3 is 2.59 bits per heavy atom. The maximum atomic E-state index is 13.0. The number of halogens is 3. The zero-order valence-corrected chi connectivity index (χ0v) is 11.8. The maximum absolute atomic E-state index is 13.0. The van der Waals surface area contributed by atoms with Crippen LogP contribution in [0.15, 0.2) is 18.2 Å². The third-order valence-electron chi connectivity index (χ3n) is 3.44. The number of methoxy groups -OCH3 is 1. The van der Waals surface area contributed by atoms with Crippen LogP contribution in [0.5, 0.6) is 0 Å². The van der Waals surface area contributed by atoms with Crippen molar-refractivity contribution < 1.29 is 27.6 Å². The Kier molecular flexibility index (Phi) is 4.57. The number of nitrogens with zero attached hydrogens (tertiary/aromatic N) is 1. The van der Waals surface area contributed by atoms with Crippen molar-refractivity contribution in [1.82, 2.24) is 0 Å². The molecule has 1 aromatic carbocycles. The Hall–Kier alpha value is -1.87. The highest BCUT2D eigenvalue weighted by molar-refractivity contribution is 5.57. The first-order chi connectivity index (χ1) is 10.3. The first-order valence-electron chi connectivity index (χ1n) is 6.44. The fraction of sp³-hybridized carbons (Fsp3) is 0.538. The van der Waals surface area contributed by atoms with Crippen molar-refractivity contribution in [1.29, 1.82) is 0 Å². The molecule has 0 saturated carbocycles. The van der Waals surface area contributed by atoms with Crippen molar-refractivity contribution in [2.75, 3.05) is 38.8 Å². The second kappa shape index (κ2) is 6.09. The van der Waals surface area contributed by atoms with Crippen molar-refractivity contribution in [3.8, 4) is 0 Å². The normalized spacial score (nSPS) is 16.9. The van der Waals surface area contributed by atoms with Crippen LogP contribution in [-0.4, -0.2) is 38.4 Å². The molecule has 0 bridgehead atoms. The third-order valence-corrected chi connectivity index (χ3v) is 3.44. The van der Waals surface area contributed by atoms with Crippen LogP contribution >= 0.6 is 0 Å². The van der Waals surface area contributed by atoms with Crippen LogP contribution in [0, 0.1) is 15.5 Å². The van der Waals surface area contributed by atoms with E-state index in [1.165, 1.54) is 7.11 Å². The molecule has 0 unspecified atom stereocenters. The molecule has 0 aromatic heterocycles. The summed E-state index contributed by atoms with van der Waals surface area (Å²) in [6.45, 7) is 1.36. The molecule has 2 rings (SSSR count). The molecule has 0 amide bonds. The molecule has 122 valence electrons. The van der Waals surface area contributed by atoms with Gasteiger partial charge in [0.2, 0.25) is 0 Å². The Morgan fingerprint density at radius 2 is 2.14 bits per heavy atom. The van der Waals surface area contributed by atoms with Crippen molar-refractivity contribution in [3.63, 3.8) is 0 Å². The van der Waals surface area contributed by atoms with E-state index >= 15 is 0 Å². The summed E-state index contributed by atoms with van der Waals surface area (Å²) in [7, 11) is 1.51. The summed E-state index contributed by atoms with van der Waals surface area (Å²) in [5.41, 5.74) is -2.23. The van der Waals surface area contributed by atoms with E-state index in [1.807, 2.05) is 0 Å². The molecular weight excluding hydrogens is 305 g/mol. The number of hydrogen-bond acceptors (Lipinski definition) is 5. The van der Waals surface area contributed by atoms with E-state index in [2.05, 4.69) is 5.32 Å². The lowest BCUT2D eigenvalue weighted by molar-refractivity contribution is -0.385. The van der Waals surface area contributed by atoms with Gasteiger partial charge in [0.1, 0.15) is 0 Å². The Balaban J connectivity index is 2.21. The van der Waals surface area contributed by atoms with Gasteiger partial charge in [-0.25, -0.2) is 0 Å². The standard InChI is InChI=1S/C13H15F3N2O4/c1-21-6-12(7-22-8-12)5-17-11-3-2-9(18(19)20)4-10(11)13(14,15)16/h2-4,17H,5-8H2,1H3. The minimum Gasteiger partial charge on any atom is -0.384 e. The number of nitrogens with one attached hydrogen (secondary N) is 1. The van der Waals surface area contributed by atoms with Gasteiger partial charge in [0.25, 0.3) is 5.69 Å². The predicted octanol–water partition coefficient (Wildman–Crippen LogP) is 2.69. The van der Waals surface area contributed by atoms with Crippen LogP contribution in [-0.2, 0) is 15.7 Å². The van der Waals surface area contributed by atoms with Crippen LogP contribution in [0.4, 0.5) is 24.5 Å². The van der Waals surface area contributed by atoms with Gasteiger partial charge in [-0.2, -0.15) is 13.2 Å². The summed E-state index contributed by atoms with van der Waals surface area (Å²) in [4.78, 5) is 9.78. The summed E-state index contributed by atoms with van der Waals surface area (Å²) in [5, 5.41) is 13.3. The van der Waals surface area contributed by atoms with Crippen LogP contribution in [0.2, 0.25) is 0 Å². The molecule has 9 heteroatoms. The van der Waals surface area contributed by atoms with Crippen LogP contribution in [0.1, 0.15) is 5.56 Å². The Labute approximate surface area is 124 Å². The lowest BCUT2D eigenvalue weighted by Crippen LogP contribution is -2.51. The third kappa shape index (κ3) is 3.47. The second-order valence-corrected chi connectivity index (χ2v) is 5.26. The van der Waals surface area contributed by atoms with Crippen molar-refractivity contribution in [2.24, 2.45) is 5.41 Å². The second-order valence-electron chi connectivity index (χ2n) is 5.26. The van der Waals surface area contributed by atoms with Crippen LogP contribution in [0.3, 0.4) is 0 Å². The summed E-state index contributed by atoms with van der Waals surface area (Å²) in [6, 6.07) is 2.64. The SMILES string of the molecule is COCC1(CNc2ccc([N+](=O)[O-])cc2C(F)(F)F)COC1. The van der Waals surface area contributed by atoms with Gasteiger partial charge in [-0.05, 0) is 6.07 Å². The number of rotatable bonds is 6. The highest BCUT2D eigenvalue weighted by atomic mass is 19.4. The van der Waals surface area contributed by atoms with Crippen LogP contribution < -0.4 is 5.32 Å². The highest BCUT2D eigenvalue weighted by Crippen LogP contribution is 2.38. The molecule has 0 aliphatic carbocycles. The molecular formula is C13H15F3N2O4. The van der Waals surface area contributed by atoms with Crippen molar-refractivity contribution in [3.05, 3.63) is 33.9 Å². The zero-order valence-electron chi connectivity index (χ0n) is 11.8. The van der Waals surface area contributed by atoms with E-state index in [0.717, 1.165) is 12.1 Å². The van der Waals surface area contributed by atoms with Gasteiger partial charge in [-0.1, -0.05) is 0 Å². The molecule has 0 spiro atoms. The molecule has 6 nitrogen and oxygen atoms in total. The number of nitro groups is 1. The Bertz CT molecular complexity index is 559. The summed E-state index contributed by atoms with van der Waals surface area (Å²) in [5.74, 6) is 0. The van der Waals surface area contributed by atoms with E-state index < -0.39 is 22.4 Å². The molecule has 1 heterocycles. The molecule has 0 atom stereocenters. The number of alkyl halides is 3. The lowest BCUT2D eigenvalue weighted by Gasteiger charge is -2.41. The minimum atomic E-state index is -4.68. The van der Waals surface area contributed by atoms with Gasteiger partial charge in [-0.3, -0.25) is 10.1 Å². The first-order valence-corrected chi connectivity index (χ1v) is 6.44. The van der Waals surface area contributed by atoms with E-state index in [0.29, 0.717) is 25.9 Å². The first kappa shape index (κ1) is 16.5.